The molecule has 2 aliphatic heterocycles. The van der Waals surface area contributed by atoms with Gasteiger partial charge in [-0.05, 0) is 11.1 Å². The average molecular weight is 281 g/mol. The van der Waals surface area contributed by atoms with E-state index in [1.807, 2.05) is 6.07 Å². The van der Waals surface area contributed by atoms with Gasteiger partial charge in [-0.25, -0.2) is 0 Å². The van der Waals surface area contributed by atoms with Crippen LogP contribution in [0.1, 0.15) is 23.5 Å². The number of hydrogen-bond acceptors (Lipinski definition) is 3. The van der Waals surface area contributed by atoms with E-state index in [2.05, 4.69) is 59.7 Å². The van der Waals surface area contributed by atoms with Gasteiger partial charge in [0, 0.05) is 24.9 Å². The number of ether oxygens (including phenoxy) is 1. The Hall–Kier alpha value is -1.68. The van der Waals surface area contributed by atoms with Crippen molar-refractivity contribution in [2.75, 3.05) is 6.61 Å². The van der Waals surface area contributed by atoms with Gasteiger partial charge in [0.05, 0.1) is 6.61 Å². The van der Waals surface area contributed by atoms with Crippen LogP contribution < -0.4 is 0 Å². The summed E-state index contributed by atoms with van der Waals surface area (Å²) < 4.78 is 5.84. The van der Waals surface area contributed by atoms with Crippen molar-refractivity contribution < 1.29 is 9.57 Å². The third-order valence-electron chi connectivity index (χ3n) is 4.39. The standard InChI is InChI=1S/C18H19NO2/c1-3-7-14(8-4-1)12-19-17-11-18(21-19)20-13-16(17)15-9-5-2-6-10-15/h1-10,16-18H,11-13H2/t16-,17+,18-/m0/s1. The van der Waals surface area contributed by atoms with Crippen LogP contribution in [0.2, 0.25) is 0 Å². The van der Waals surface area contributed by atoms with Crippen LogP contribution in [-0.4, -0.2) is 24.0 Å². The second-order valence-electron chi connectivity index (χ2n) is 5.75. The van der Waals surface area contributed by atoms with Gasteiger partial charge in [-0.3, -0.25) is 4.84 Å². The third kappa shape index (κ3) is 2.60. The van der Waals surface area contributed by atoms with Crippen LogP contribution in [0.3, 0.4) is 0 Å². The Morgan fingerprint density at radius 3 is 2.43 bits per heavy atom. The van der Waals surface area contributed by atoms with E-state index in [9.17, 15) is 0 Å². The number of benzene rings is 2. The van der Waals surface area contributed by atoms with Crippen molar-refractivity contribution >= 4 is 0 Å². The highest BCUT2D eigenvalue weighted by Gasteiger charge is 2.43. The van der Waals surface area contributed by atoms with E-state index in [0.717, 1.165) is 19.6 Å². The van der Waals surface area contributed by atoms with Crippen LogP contribution in [0.4, 0.5) is 0 Å². The minimum Gasteiger partial charge on any atom is -0.350 e. The van der Waals surface area contributed by atoms with Crippen LogP contribution in [0.15, 0.2) is 60.7 Å². The van der Waals surface area contributed by atoms with Gasteiger partial charge in [0.15, 0.2) is 6.29 Å². The van der Waals surface area contributed by atoms with Crippen LogP contribution in [0.25, 0.3) is 0 Å². The lowest BCUT2D eigenvalue weighted by atomic mass is 9.88. The lowest BCUT2D eigenvalue weighted by molar-refractivity contribution is -0.228. The van der Waals surface area contributed by atoms with E-state index in [4.69, 9.17) is 9.57 Å². The first-order valence-electron chi connectivity index (χ1n) is 7.54. The maximum absolute atomic E-state index is 5.95. The molecule has 2 aliphatic rings. The third-order valence-corrected chi connectivity index (χ3v) is 4.39. The topological polar surface area (TPSA) is 21.7 Å². The molecule has 0 aromatic heterocycles. The molecule has 108 valence electrons. The second kappa shape index (κ2) is 5.60. The molecule has 2 bridgehead atoms. The SMILES string of the molecule is c1ccc(CN2O[C@H]3C[C@@H]2[C@H](c2ccccc2)CO3)cc1. The van der Waals surface area contributed by atoms with Crippen molar-refractivity contribution in [3.05, 3.63) is 71.8 Å². The molecule has 2 fully saturated rings. The Labute approximate surface area is 125 Å². The summed E-state index contributed by atoms with van der Waals surface area (Å²) in [6.45, 7) is 1.55. The summed E-state index contributed by atoms with van der Waals surface area (Å²) in [7, 11) is 0. The first-order chi connectivity index (χ1) is 10.4. The predicted octanol–water partition coefficient (Wildman–Crippen LogP) is 3.33. The molecule has 2 aromatic carbocycles. The smallest absolute Gasteiger partial charge is 0.179 e. The summed E-state index contributed by atoms with van der Waals surface area (Å²) in [6, 6.07) is 21.5. The molecule has 0 N–H and O–H groups in total. The van der Waals surface area contributed by atoms with Crippen molar-refractivity contribution in [1.29, 1.82) is 0 Å². The molecule has 0 amide bonds. The molecule has 0 unspecified atom stereocenters. The number of hydrogen-bond donors (Lipinski definition) is 0. The summed E-state index contributed by atoms with van der Waals surface area (Å²) in [5, 5.41) is 2.12. The fourth-order valence-corrected chi connectivity index (χ4v) is 3.31. The highest BCUT2D eigenvalue weighted by molar-refractivity contribution is 5.23. The molecule has 0 spiro atoms. The highest BCUT2D eigenvalue weighted by atomic mass is 16.8. The summed E-state index contributed by atoms with van der Waals surface area (Å²) in [5.74, 6) is 0.383. The minimum absolute atomic E-state index is 0.0707. The molecule has 0 saturated carbocycles. The van der Waals surface area contributed by atoms with Gasteiger partial charge in [-0.1, -0.05) is 60.7 Å². The second-order valence-corrected chi connectivity index (χ2v) is 5.75. The molecule has 0 radical (unpaired) electrons. The summed E-state index contributed by atoms with van der Waals surface area (Å²) in [4.78, 5) is 5.95. The maximum Gasteiger partial charge on any atom is 0.179 e. The van der Waals surface area contributed by atoms with Crippen molar-refractivity contribution in [2.45, 2.75) is 31.2 Å². The normalized spacial score (nSPS) is 28.7. The molecule has 3 heteroatoms. The Bertz CT molecular complexity index is 585. The zero-order valence-corrected chi connectivity index (χ0v) is 11.9. The van der Waals surface area contributed by atoms with Gasteiger partial charge in [0.2, 0.25) is 0 Å². The van der Waals surface area contributed by atoms with Crippen LogP contribution in [0.5, 0.6) is 0 Å². The summed E-state index contributed by atoms with van der Waals surface area (Å²) in [5.41, 5.74) is 2.61. The first-order valence-corrected chi connectivity index (χ1v) is 7.54. The lowest BCUT2D eigenvalue weighted by Crippen LogP contribution is -2.35. The van der Waals surface area contributed by atoms with Crippen molar-refractivity contribution in [2.24, 2.45) is 0 Å². The van der Waals surface area contributed by atoms with E-state index in [0.29, 0.717) is 12.0 Å². The average Bonchev–Trinajstić information content (AvgIpc) is 2.85. The van der Waals surface area contributed by atoms with E-state index in [1.165, 1.54) is 11.1 Å². The Morgan fingerprint density at radius 1 is 0.952 bits per heavy atom. The molecule has 2 aromatic rings. The molecule has 3 atom stereocenters. The predicted molar refractivity (Wildman–Crippen MR) is 80.4 cm³/mol. The number of rotatable bonds is 3. The van der Waals surface area contributed by atoms with Gasteiger partial charge in [-0.2, -0.15) is 5.06 Å². The van der Waals surface area contributed by atoms with Gasteiger partial charge in [-0.15, -0.1) is 0 Å². The first kappa shape index (κ1) is 13.0. The Kier molecular flexibility index (Phi) is 3.47. The largest absolute Gasteiger partial charge is 0.350 e. The quantitative estimate of drug-likeness (QED) is 0.861. The molecule has 4 rings (SSSR count). The van der Waals surface area contributed by atoms with Gasteiger partial charge >= 0.3 is 0 Å². The van der Waals surface area contributed by atoms with E-state index in [-0.39, 0.29) is 6.29 Å². The molecule has 3 nitrogen and oxygen atoms in total. The van der Waals surface area contributed by atoms with Crippen molar-refractivity contribution in [1.82, 2.24) is 5.06 Å². The lowest BCUT2D eigenvalue weighted by Gasteiger charge is -2.30. The van der Waals surface area contributed by atoms with E-state index >= 15 is 0 Å². The number of nitrogens with zero attached hydrogens (tertiary/aromatic N) is 1. The number of hydroxylamine groups is 2. The van der Waals surface area contributed by atoms with Crippen molar-refractivity contribution in [3.63, 3.8) is 0 Å². The van der Waals surface area contributed by atoms with Gasteiger partial charge in [0.1, 0.15) is 0 Å². The van der Waals surface area contributed by atoms with Crippen molar-refractivity contribution in [3.8, 4) is 0 Å². The minimum atomic E-state index is -0.0707. The number of fused-ring (bicyclic) bond motifs is 2. The summed E-state index contributed by atoms with van der Waals surface area (Å²) >= 11 is 0. The Balaban J connectivity index is 1.56. The van der Waals surface area contributed by atoms with Gasteiger partial charge < -0.3 is 4.74 Å². The van der Waals surface area contributed by atoms with Crippen LogP contribution in [0, 0.1) is 0 Å². The highest BCUT2D eigenvalue weighted by Crippen LogP contribution is 2.38. The van der Waals surface area contributed by atoms with E-state index < -0.39 is 0 Å². The zero-order chi connectivity index (χ0) is 14.1. The molecule has 2 saturated heterocycles. The molecular weight excluding hydrogens is 262 g/mol. The molecule has 0 aliphatic carbocycles. The summed E-state index contributed by atoms with van der Waals surface area (Å²) in [6.07, 6.45) is 0.880. The monoisotopic (exact) mass is 281 g/mol. The molecule has 21 heavy (non-hydrogen) atoms. The molecular formula is C18H19NO2. The van der Waals surface area contributed by atoms with Crippen LogP contribution in [-0.2, 0) is 16.1 Å². The fourth-order valence-electron chi connectivity index (χ4n) is 3.31. The Morgan fingerprint density at radius 2 is 1.67 bits per heavy atom. The van der Waals surface area contributed by atoms with Crippen LogP contribution >= 0.6 is 0 Å². The van der Waals surface area contributed by atoms with E-state index in [1.54, 1.807) is 0 Å². The fraction of sp³-hybridized carbons (Fsp3) is 0.333. The maximum atomic E-state index is 5.95. The van der Waals surface area contributed by atoms with Gasteiger partial charge in [0.25, 0.3) is 0 Å². The zero-order valence-electron chi connectivity index (χ0n) is 11.9. The molecule has 2 heterocycles.